The van der Waals surface area contributed by atoms with Crippen molar-refractivity contribution in [3.8, 4) is 6.07 Å². The van der Waals surface area contributed by atoms with Crippen molar-refractivity contribution in [2.75, 3.05) is 11.9 Å². The second kappa shape index (κ2) is 6.24. The maximum atomic E-state index is 12.8. The summed E-state index contributed by atoms with van der Waals surface area (Å²) < 4.78 is 0. The highest BCUT2D eigenvalue weighted by molar-refractivity contribution is 7.14. The zero-order valence-corrected chi connectivity index (χ0v) is 14.1. The van der Waals surface area contributed by atoms with Gasteiger partial charge in [0.1, 0.15) is 23.2 Å². The standard InChI is InChI=1S/C16H18N4O3S/c1-10-4-2-3-6-16(10)14(22)20(15(23)19-16)9-12(21)18-13-11(8-17)5-7-24-13/h5,7,10H,2-4,6,9H2,1H3,(H,18,21)(H,19,23)/t10-,16+/m0/s1. The molecule has 2 aliphatic rings. The number of carbonyl (C=O) groups is 3. The minimum absolute atomic E-state index is 0.0539. The number of amides is 4. The lowest BCUT2D eigenvalue weighted by molar-refractivity contribution is -0.136. The summed E-state index contributed by atoms with van der Waals surface area (Å²) in [5.74, 6) is -0.752. The number of hydrogen-bond donors (Lipinski definition) is 2. The van der Waals surface area contributed by atoms with E-state index in [0.717, 1.165) is 24.2 Å². The van der Waals surface area contributed by atoms with Crippen molar-refractivity contribution >= 4 is 34.2 Å². The van der Waals surface area contributed by atoms with Crippen molar-refractivity contribution in [2.24, 2.45) is 5.92 Å². The highest BCUT2D eigenvalue weighted by atomic mass is 32.1. The molecule has 126 valence electrons. The fraction of sp³-hybridized carbons (Fsp3) is 0.500. The van der Waals surface area contributed by atoms with Crippen LogP contribution in [0.5, 0.6) is 0 Å². The Hall–Kier alpha value is -2.40. The molecule has 1 spiro atoms. The molecule has 2 fully saturated rings. The predicted octanol–water partition coefficient (Wildman–Crippen LogP) is 2.06. The average molecular weight is 346 g/mol. The number of anilines is 1. The second-order valence-electron chi connectivity index (χ2n) is 6.26. The Morgan fingerprint density at radius 1 is 1.54 bits per heavy atom. The van der Waals surface area contributed by atoms with Crippen LogP contribution in [0.1, 0.15) is 38.2 Å². The number of urea groups is 1. The van der Waals surface area contributed by atoms with E-state index in [4.69, 9.17) is 5.26 Å². The van der Waals surface area contributed by atoms with Crippen LogP contribution in [0.3, 0.4) is 0 Å². The first-order valence-corrected chi connectivity index (χ1v) is 8.77. The normalized spacial score (nSPS) is 26.3. The monoisotopic (exact) mass is 346 g/mol. The molecule has 2 N–H and O–H groups in total. The molecular weight excluding hydrogens is 328 g/mol. The van der Waals surface area contributed by atoms with Crippen LogP contribution in [0.2, 0.25) is 0 Å². The van der Waals surface area contributed by atoms with Crippen molar-refractivity contribution < 1.29 is 14.4 Å². The average Bonchev–Trinajstić information content (AvgIpc) is 3.09. The number of nitriles is 1. The molecule has 0 bridgehead atoms. The van der Waals surface area contributed by atoms with Gasteiger partial charge in [0.05, 0.1) is 5.56 Å². The van der Waals surface area contributed by atoms with Gasteiger partial charge in [0.25, 0.3) is 5.91 Å². The molecule has 2 heterocycles. The van der Waals surface area contributed by atoms with E-state index in [9.17, 15) is 14.4 Å². The first kappa shape index (κ1) is 16.5. The highest BCUT2D eigenvalue weighted by Crippen LogP contribution is 2.38. The number of carbonyl (C=O) groups excluding carboxylic acids is 3. The van der Waals surface area contributed by atoms with Gasteiger partial charge >= 0.3 is 6.03 Å². The van der Waals surface area contributed by atoms with E-state index < -0.39 is 17.5 Å². The van der Waals surface area contributed by atoms with Crippen molar-refractivity contribution in [3.05, 3.63) is 17.0 Å². The predicted molar refractivity (Wildman–Crippen MR) is 88.3 cm³/mol. The fourth-order valence-corrected chi connectivity index (χ4v) is 4.20. The Bertz CT molecular complexity index is 738. The molecule has 1 aliphatic heterocycles. The van der Waals surface area contributed by atoms with Crippen LogP contribution in [0, 0.1) is 17.2 Å². The summed E-state index contributed by atoms with van der Waals surface area (Å²) >= 11 is 1.23. The number of rotatable bonds is 3. The van der Waals surface area contributed by atoms with Crippen molar-refractivity contribution in [1.29, 1.82) is 5.26 Å². The minimum atomic E-state index is -0.865. The van der Waals surface area contributed by atoms with Gasteiger partial charge in [0, 0.05) is 0 Å². The van der Waals surface area contributed by atoms with E-state index in [2.05, 4.69) is 10.6 Å². The van der Waals surface area contributed by atoms with Gasteiger partial charge in [-0.15, -0.1) is 11.3 Å². The lowest BCUT2D eigenvalue weighted by Gasteiger charge is -2.36. The number of hydrogen-bond acceptors (Lipinski definition) is 5. The Balaban J connectivity index is 1.71. The zero-order chi connectivity index (χ0) is 17.3. The third kappa shape index (κ3) is 2.65. The molecule has 1 saturated heterocycles. The Kier molecular flexibility index (Phi) is 4.28. The first-order chi connectivity index (χ1) is 11.5. The summed E-state index contributed by atoms with van der Waals surface area (Å²) in [5, 5.41) is 16.5. The third-order valence-corrected chi connectivity index (χ3v) is 5.67. The summed E-state index contributed by atoms with van der Waals surface area (Å²) in [5.41, 5.74) is -0.501. The largest absolute Gasteiger partial charge is 0.325 e. The molecule has 0 unspecified atom stereocenters. The van der Waals surface area contributed by atoms with Crippen molar-refractivity contribution in [2.45, 2.75) is 38.1 Å². The fourth-order valence-electron chi connectivity index (χ4n) is 3.44. The van der Waals surface area contributed by atoms with Crippen LogP contribution in [0.25, 0.3) is 0 Å². The van der Waals surface area contributed by atoms with Crippen LogP contribution >= 0.6 is 11.3 Å². The van der Waals surface area contributed by atoms with Crippen LogP contribution in [-0.2, 0) is 9.59 Å². The van der Waals surface area contributed by atoms with E-state index in [1.807, 2.05) is 13.0 Å². The molecule has 24 heavy (non-hydrogen) atoms. The lowest BCUT2D eigenvalue weighted by atomic mass is 9.73. The van der Waals surface area contributed by atoms with Crippen LogP contribution in [-0.4, -0.2) is 34.8 Å². The van der Waals surface area contributed by atoms with Gasteiger partial charge in [-0.05, 0) is 30.2 Å². The van der Waals surface area contributed by atoms with Crippen LogP contribution in [0.15, 0.2) is 11.4 Å². The van der Waals surface area contributed by atoms with E-state index >= 15 is 0 Å². The van der Waals surface area contributed by atoms with E-state index in [1.165, 1.54) is 11.3 Å². The Morgan fingerprint density at radius 2 is 2.33 bits per heavy atom. The van der Waals surface area contributed by atoms with Crippen molar-refractivity contribution in [1.82, 2.24) is 10.2 Å². The van der Waals surface area contributed by atoms with Gasteiger partial charge in [-0.1, -0.05) is 19.8 Å². The zero-order valence-electron chi connectivity index (χ0n) is 13.3. The number of nitrogens with one attached hydrogen (secondary N) is 2. The number of imide groups is 1. The molecule has 1 aliphatic carbocycles. The van der Waals surface area contributed by atoms with Crippen LogP contribution in [0.4, 0.5) is 9.80 Å². The molecule has 1 saturated carbocycles. The summed E-state index contributed by atoms with van der Waals surface area (Å²) in [7, 11) is 0. The summed E-state index contributed by atoms with van der Waals surface area (Å²) in [6.07, 6.45) is 3.42. The molecular formula is C16H18N4O3S. The molecule has 1 aromatic heterocycles. The maximum absolute atomic E-state index is 12.8. The Morgan fingerprint density at radius 3 is 3.04 bits per heavy atom. The second-order valence-corrected chi connectivity index (χ2v) is 7.18. The topological polar surface area (TPSA) is 102 Å². The Labute approximate surface area is 143 Å². The minimum Gasteiger partial charge on any atom is -0.323 e. The van der Waals surface area contributed by atoms with Gasteiger partial charge in [0.15, 0.2) is 0 Å². The molecule has 2 atom stereocenters. The van der Waals surface area contributed by atoms with Gasteiger partial charge in [-0.3, -0.25) is 14.5 Å². The number of thiophene rings is 1. The van der Waals surface area contributed by atoms with Gasteiger partial charge in [-0.2, -0.15) is 5.26 Å². The summed E-state index contributed by atoms with van der Waals surface area (Å²) in [4.78, 5) is 38.2. The van der Waals surface area contributed by atoms with Gasteiger partial charge in [0.2, 0.25) is 5.91 Å². The third-order valence-electron chi connectivity index (χ3n) is 4.84. The summed E-state index contributed by atoms with van der Waals surface area (Å²) in [6.45, 7) is 1.62. The van der Waals surface area contributed by atoms with Crippen LogP contribution < -0.4 is 10.6 Å². The van der Waals surface area contributed by atoms with Gasteiger partial charge in [-0.25, -0.2) is 4.79 Å². The molecule has 1 aromatic rings. The van der Waals surface area contributed by atoms with E-state index in [0.29, 0.717) is 17.0 Å². The molecule has 7 nitrogen and oxygen atoms in total. The maximum Gasteiger partial charge on any atom is 0.325 e. The quantitative estimate of drug-likeness (QED) is 0.818. The number of nitrogens with zero attached hydrogens (tertiary/aromatic N) is 2. The molecule has 0 aromatic carbocycles. The molecule has 8 heteroatoms. The SMILES string of the molecule is C[C@H]1CCCC[C@@]12NC(=O)N(CC(=O)Nc1sccc1C#N)C2=O. The van der Waals surface area contributed by atoms with E-state index in [1.54, 1.807) is 11.4 Å². The highest BCUT2D eigenvalue weighted by Gasteiger charge is 2.55. The molecule has 4 amide bonds. The smallest absolute Gasteiger partial charge is 0.323 e. The molecule has 0 radical (unpaired) electrons. The lowest BCUT2D eigenvalue weighted by Crippen LogP contribution is -2.54. The van der Waals surface area contributed by atoms with Crippen molar-refractivity contribution in [3.63, 3.8) is 0 Å². The first-order valence-electron chi connectivity index (χ1n) is 7.89. The summed E-state index contributed by atoms with van der Waals surface area (Å²) in [6, 6.07) is 3.07. The molecule has 3 rings (SSSR count). The van der Waals surface area contributed by atoms with Gasteiger partial charge < -0.3 is 10.6 Å². The van der Waals surface area contributed by atoms with E-state index in [-0.39, 0.29) is 18.4 Å².